The summed E-state index contributed by atoms with van der Waals surface area (Å²) in [5.74, 6) is -4.73. The van der Waals surface area contributed by atoms with Crippen LogP contribution in [0.25, 0.3) is 22.3 Å². The molecule has 4 amide bonds. The topological polar surface area (TPSA) is 211 Å². The Balaban J connectivity index is 1.55. The molecule has 5 rings (SSSR count). The first-order valence-corrected chi connectivity index (χ1v) is 19.6. The lowest BCUT2D eigenvalue weighted by Gasteiger charge is -2.32. The number of fused-ring (bicyclic) bond motifs is 5. The van der Waals surface area contributed by atoms with Crippen LogP contribution in [-0.2, 0) is 25.6 Å². The van der Waals surface area contributed by atoms with Crippen LogP contribution in [-0.4, -0.2) is 81.5 Å². The molecule has 294 valence electrons. The van der Waals surface area contributed by atoms with Gasteiger partial charge in [-0.05, 0) is 135 Å². The van der Waals surface area contributed by atoms with Crippen molar-refractivity contribution < 1.29 is 39.3 Å². The number of unbranched alkanes of at least 4 members (excludes halogenated alkanes) is 1. The van der Waals surface area contributed by atoms with Crippen LogP contribution in [0.5, 0.6) is 11.5 Å². The fraction of sp³-hybridized carbons (Fsp3) is 0.275. The van der Waals surface area contributed by atoms with Gasteiger partial charge in [-0.3, -0.25) is 19.2 Å². The highest BCUT2D eigenvalue weighted by atomic mass is 79.9. The van der Waals surface area contributed by atoms with Gasteiger partial charge in [-0.15, -0.1) is 0 Å². The normalized spacial score (nSPS) is 17.5. The fourth-order valence-corrected chi connectivity index (χ4v) is 7.54. The molecule has 0 spiro atoms. The number of phenolic OH excluding ortho intramolecular Hbond substituents is 2. The summed E-state index contributed by atoms with van der Waals surface area (Å²) in [7, 11) is 1.37. The average Bonchev–Trinajstić information content (AvgIpc) is 3.16. The highest BCUT2D eigenvalue weighted by Crippen LogP contribution is 2.45. The molecule has 13 nitrogen and oxygen atoms in total. The van der Waals surface area contributed by atoms with Crippen molar-refractivity contribution in [1.29, 1.82) is 0 Å². The number of nitrogens with one attached hydrogen (secondary N) is 3. The summed E-state index contributed by atoms with van der Waals surface area (Å²) in [5, 5.41) is 40.8. The number of aliphatic carboxylic acids is 1. The Kier molecular flexibility index (Phi) is 13.8. The van der Waals surface area contributed by atoms with E-state index in [0.717, 1.165) is 16.0 Å². The number of carbonyl (C=O) groups excluding carboxylic acids is 4. The molecule has 56 heavy (non-hydrogen) atoms. The van der Waals surface area contributed by atoms with Crippen LogP contribution in [0, 0.1) is 0 Å². The molecule has 0 aromatic heterocycles. The molecule has 8 N–H and O–H groups in total. The summed E-state index contributed by atoms with van der Waals surface area (Å²) in [6, 6.07) is 14.6. The number of aromatic hydroxyl groups is 2. The molecule has 1 aliphatic rings. The standard InChI is InChI=1S/C40H40Br2ClN5O8/c1-20-36(51)47-32(40(55)56)17-21-15-27(34(49)29(41)16-21)28-18-25(19-30(42)35(28)50)33(38(53)45-20)48(2)39(54)31(5-3-4-14-44)46-37(52)24-8-6-22(7-9-24)23-10-12-26(43)13-11-23/h6-13,15-16,18-20,31-33,49-50H,3-5,14,17,44H2,1-2H3,(H,45,53)(H,46,52)(H,47,51)(H,55,56)/t20-,31-,32-,33-/m0/s1. The van der Waals surface area contributed by atoms with Crippen molar-refractivity contribution in [3.8, 4) is 33.8 Å². The second-order valence-corrected chi connectivity index (χ2v) is 15.6. The van der Waals surface area contributed by atoms with Crippen LogP contribution >= 0.6 is 43.5 Å². The molecule has 0 radical (unpaired) electrons. The highest BCUT2D eigenvalue weighted by molar-refractivity contribution is 9.11. The highest BCUT2D eigenvalue weighted by Gasteiger charge is 2.36. The molecule has 0 saturated carbocycles. The van der Waals surface area contributed by atoms with Crippen molar-refractivity contribution in [3.63, 3.8) is 0 Å². The van der Waals surface area contributed by atoms with E-state index in [2.05, 4.69) is 47.8 Å². The van der Waals surface area contributed by atoms with E-state index in [1.165, 1.54) is 38.2 Å². The summed E-state index contributed by atoms with van der Waals surface area (Å²) in [6.07, 6.45) is 1.00. The number of likely N-dealkylation sites (N-methyl/N-ethyl adjacent to an activating group) is 1. The van der Waals surface area contributed by atoms with Gasteiger partial charge in [-0.2, -0.15) is 0 Å². The number of phenols is 2. The summed E-state index contributed by atoms with van der Waals surface area (Å²) < 4.78 is 0.292. The number of hydrogen-bond acceptors (Lipinski definition) is 8. The summed E-state index contributed by atoms with van der Waals surface area (Å²) in [5.41, 5.74) is 8.50. The van der Waals surface area contributed by atoms with Crippen LogP contribution in [0.4, 0.5) is 0 Å². The first-order chi connectivity index (χ1) is 26.6. The lowest BCUT2D eigenvalue weighted by atomic mass is 9.93. The number of hydrogen-bond donors (Lipinski definition) is 7. The van der Waals surface area contributed by atoms with E-state index in [1.54, 1.807) is 36.4 Å². The molecule has 4 aromatic carbocycles. The van der Waals surface area contributed by atoms with Crippen LogP contribution in [0.15, 0.2) is 81.7 Å². The van der Waals surface area contributed by atoms with E-state index in [1.807, 2.05) is 12.1 Å². The van der Waals surface area contributed by atoms with Crippen LogP contribution in [0.1, 0.15) is 53.7 Å². The van der Waals surface area contributed by atoms with Crippen molar-refractivity contribution in [2.75, 3.05) is 13.6 Å². The quantitative estimate of drug-likeness (QED) is 0.0977. The zero-order chi connectivity index (χ0) is 40.8. The first-order valence-electron chi connectivity index (χ1n) is 17.6. The third-order valence-electron chi connectivity index (χ3n) is 9.48. The van der Waals surface area contributed by atoms with Gasteiger partial charge in [0.1, 0.15) is 35.7 Å². The number of carbonyl (C=O) groups is 5. The van der Waals surface area contributed by atoms with Crippen molar-refractivity contribution >= 4 is 73.1 Å². The van der Waals surface area contributed by atoms with E-state index in [9.17, 15) is 39.3 Å². The minimum Gasteiger partial charge on any atom is -0.506 e. The number of rotatable bonds is 10. The van der Waals surface area contributed by atoms with Crippen molar-refractivity contribution in [3.05, 3.63) is 103 Å². The number of carboxylic acid groups (broad SMARTS) is 1. The number of nitrogens with two attached hydrogens (primary N) is 1. The van der Waals surface area contributed by atoms with Gasteiger partial charge in [0.25, 0.3) is 5.91 Å². The van der Waals surface area contributed by atoms with E-state index in [-0.39, 0.29) is 55.5 Å². The molecule has 4 bridgehead atoms. The zero-order valence-corrected chi connectivity index (χ0v) is 34.2. The molecule has 0 saturated heterocycles. The predicted molar refractivity (Wildman–Crippen MR) is 218 cm³/mol. The molecular weight excluding hydrogens is 874 g/mol. The van der Waals surface area contributed by atoms with Gasteiger partial charge in [0, 0.05) is 35.2 Å². The van der Waals surface area contributed by atoms with E-state index in [0.29, 0.717) is 30.0 Å². The lowest BCUT2D eigenvalue weighted by molar-refractivity contribution is -0.143. The average molecular weight is 914 g/mol. The van der Waals surface area contributed by atoms with Gasteiger partial charge in [0.2, 0.25) is 17.7 Å². The number of halogens is 3. The number of carboxylic acids is 1. The Morgan fingerprint density at radius 2 is 1.48 bits per heavy atom. The molecule has 1 aliphatic heterocycles. The second kappa shape index (κ2) is 18.3. The third-order valence-corrected chi connectivity index (χ3v) is 10.9. The maximum Gasteiger partial charge on any atom is 0.326 e. The summed E-state index contributed by atoms with van der Waals surface area (Å²) in [6.45, 7) is 1.72. The SMILES string of the molecule is C[C@@H]1NC(=O)[C@@H](N(C)C(=O)[C@H](CCCCN)NC(=O)c2ccc(-c3ccc(Cl)cc3)cc2)c2cc(Br)c(O)c(c2)-c2cc(cc(Br)c2O)C[C@@H](C(=O)O)NC1=O. The minimum atomic E-state index is -1.46. The van der Waals surface area contributed by atoms with Gasteiger partial charge >= 0.3 is 5.97 Å². The number of amides is 4. The zero-order valence-electron chi connectivity index (χ0n) is 30.3. The van der Waals surface area contributed by atoms with Crippen molar-refractivity contribution in [1.82, 2.24) is 20.9 Å². The molecule has 0 unspecified atom stereocenters. The van der Waals surface area contributed by atoms with Crippen LogP contribution < -0.4 is 21.7 Å². The molecule has 4 aromatic rings. The predicted octanol–water partition coefficient (Wildman–Crippen LogP) is 5.67. The molecule has 0 aliphatic carbocycles. The van der Waals surface area contributed by atoms with Gasteiger partial charge in [0.15, 0.2) is 0 Å². The van der Waals surface area contributed by atoms with Crippen LogP contribution in [0.2, 0.25) is 5.02 Å². The van der Waals surface area contributed by atoms with E-state index in [4.69, 9.17) is 17.3 Å². The van der Waals surface area contributed by atoms with Gasteiger partial charge in [-0.25, -0.2) is 4.79 Å². The molecule has 1 heterocycles. The maximum absolute atomic E-state index is 14.5. The van der Waals surface area contributed by atoms with Gasteiger partial charge in [0.05, 0.1) is 8.95 Å². The maximum atomic E-state index is 14.5. The third kappa shape index (κ3) is 9.70. The van der Waals surface area contributed by atoms with Gasteiger partial charge in [-0.1, -0.05) is 35.9 Å². The Morgan fingerprint density at radius 3 is 2.09 bits per heavy atom. The Morgan fingerprint density at radius 1 is 0.893 bits per heavy atom. The second-order valence-electron chi connectivity index (χ2n) is 13.5. The Bertz CT molecular complexity index is 2150. The van der Waals surface area contributed by atoms with Crippen molar-refractivity contribution in [2.24, 2.45) is 5.73 Å². The van der Waals surface area contributed by atoms with Crippen molar-refractivity contribution in [2.45, 2.75) is 56.8 Å². The molecule has 16 heteroatoms. The fourth-order valence-electron chi connectivity index (χ4n) is 6.42. The largest absolute Gasteiger partial charge is 0.506 e. The number of benzene rings is 4. The number of nitrogens with zero attached hydrogens (tertiary/aromatic N) is 1. The summed E-state index contributed by atoms with van der Waals surface area (Å²) >= 11 is 12.7. The smallest absolute Gasteiger partial charge is 0.326 e. The van der Waals surface area contributed by atoms with E-state index >= 15 is 0 Å². The minimum absolute atomic E-state index is 0.0592. The molecule has 4 atom stereocenters. The Labute approximate surface area is 344 Å². The monoisotopic (exact) mass is 911 g/mol. The Hall–Kier alpha value is -4.96. The summed E-state index contributed by atoms with van der Waals surface area (Å²) in [4.78, 5) is 69.0. The first kappa shape index (κ1) is 42.2. The molecular formula is C40H40Br2ClN5O8. The lowest BCUT2D eigenvalue weighted by Crippen LogP contribution is -2.54. The van der Waals surface area contributed by atoms with Gasteiger partial charge < -0.3 is 41.9 Å². The molecule has 0 fully saturated rings. The van der Waals surface area contributed by atoms with E-state index < -0.39 is 53.8 Å². The van der Waals surface area contributed by atoms with Crippen LogP contribution in [0.3, 0.4) is 0 Å².